The van der Waals surface area contributed by atoms with E-state index in [1.807, 2.05) is 0 Å². The first-order valence-corrected chi connectivity index (χ1v) is 10.1. The predicted octanol–water partition coefficient (Wildman–Crippen LogP) is 0.328. The summed E-state index contributed by atoms with van der Waals surface area (Å²) in [7, 11) is -3.09. The van der Waals surface area contributed by atoms with Crippen molar-refractivity contribution < 1.29 is 18.0 Å². The fourth-order valence-electron chi connectivity index (χ4n) is 3.66. The van der Waals surface area contributed by atoms with E-state index in [0.717, 1.165) is 38.4 Å². The molecule has 22 heavy (non-hydrogen) atoms. The first kappa shape index (κ1) is 15.8. The van der Waals surface area contributed by atoms with Crippen LogP contribution in [0.15, 0.2) is 0 Å². The average Bonchev–Trinajstić information content (AvgIpc) is 3.14. The second-order valence-corrected chi connectivity index (χ2v) is 9.59. The maximum absolute atomic E-state index is 12.1. The van der Waals surface area contributed by atoms with Crippen molar-refractivity contribution >= 4 is 21.7 Å². The predicted molar refractivity (Wildman–Crippen MR) is 81.8 cm³/mol. The van der Waals surface area contributed by atoms with E-state index in [2.05, 4.69) is 5.32 Å². The Labute approximate surface area is 131 Å². The summed E-state index contributed by atoms with van der Waals surface area (Å²) in [6.45, 7) is 1.43. The Kier molecular flexibility index (Phi) is 3.95. The van der Waals surface area contributed by atoms with Crippen LogP contribution in [-0.4, -0.2) is 56.3 Å². The number of carbonyl (C=O) groups is 2. The quantitative estimate of drug-likeness (QED) is 0.788. The Morgan fingerprint density at radius 2 is 1.95 bits per heavy atom. The van der Waals surface area contributed by atoms with Gasteiger partial charge in [0.2, 0.25) is 11.8 Å². The van der Waals surface area contributed by atoms with Gasteiger partial charge in [-0.05, 0) is 37.5 Å². The number of nitrogens with one attached hydrogen (secondary N) is 1. The molecular weight excluding hydrogens is 304 g/mol. The highest BCUT2D eigenvalue weighted by molar-refractivity contribution is 7.90. The Balaban J connectivity index is 1.43. The van der Waals surface area contributed by atoms with Crippen LogP contribution in [0, 0.1) is 11.3 Å². The fraction of sp³-hybridized carbons (Fsp3) is 0.867. The molecule has 1 spiro atoms. The van der Waals surface area contributed by atoms with Crippen molar-refractivity contribution in [2.24, 2.45) is 11.3 Å². The molecular formula is C15H24N2O4S. The molecule has 0 bridgehead atoms. The largest absolute Gasteiger partial charge is 0.353 e. The zero-order chi connectivity index (χ0) is 16.0. The van der Waals surface area contributed by atoms with E-state index in [-0.39, 0.29) is 41.4 Å². The maximum Gasteiger partial charge on any atom is 0.223 e. The van der Waals surface area contributed by atoms with Gasteiger partial charge in [-0.1, -0.05) is 0 Å². The molecule has 0 aromatic heterocycles. The molecule has 2 aliphatic carbocycles. The number of carbonyl (C=O) groups excluding carboxylic acids is 2. The van der Waals surface area contributed by atoms with Gasteiger partial charge in [0.05, 0.1) is 5.75 Å². The number of hydrogen-bond acceptors (Lipinski definition) is 4. The van der Waals surface area contributed by atoms with Crippen LogP contribution in [0.3, 0.4) is 0 Å². The van der Waals surface area contributed by atoms with Crippen LogP contribution in [0.2, 0.25) is 0 Å². The van der Waals surface area contributed by atoms with Gasteiger partial charge in [-0.3, -0.25) is 9.59 Å². The van der Waals surface area contributed by atoms with E-state index in [9.17, 15) is 18.0 Å². The third-order valence-corrected chi connectivity index (χ3v) is 6.08. The lowest BCUT2D eigenvalue weighted by Gasteiger charge is -2.45. The zero-order valence-corrected chi connectivity index (χ0v) is 13.8. The lowest BCUT2D eigenvalue weighted by Crippen LogP contribution is -2.52. The highest BCUT2D eigenvalue weighted by atomic mass is 32.2. The third-order valence-electron chi connectivity index (χ3n) is 5.13. The third kappa shape index (κ3) is 3.62. The molecule has 6 nitrogen and oxygen atoms in total. The van der Waals surface area contributed by atoms with Crippen LogP contribution < -0.4 is 5.32 Å². The molecule has 1 aliphatic heterocycles. The maximum atomic E-state index is 12.1. The average molecular weight is 328 g/mol. The van der Waals surface area contributed by atoms with Crippen molar-refractivity contribution in [2.45, 2.75) is 44.6 Å². The molecule has 2 amide bonds. The first-order valence-electron chi connectivity index (χ1n) is 8.02. The molecule has 3 fully saturated rings. The van der Waals surface area contributed by atoms with Gasteiger partial charge >= 0.3 is 0 Å². The number of nitrogens with zero attached hydrogens (tertiary/aromatic N) is 1. The summed E-state index contributed by atoms with van der Waals surface area (Å²) >= 11 is 0. The van der Waals surface area contributed by atoms with Crippen LogP contribution in [0.4, 0.5) is 0 Å². The summed E-state index contributed by atoms with van der Waals surface area (Å²) in [4.78, 5) is 25.6. The Morgan fingerprint density at radius 1 is 1.27 bits per heavy atom. The summed E-state index contributed by atoms with van der Waals surface area (Å²) in [5, 5.41) is 3.10. The summed E-state index contributed by atoms with van der Waals surface area (Å²) in [6, 6.07) is 0.263. The molecule has 0 aromatic carbocycles. The summed E-state index contributed by atoms with van der Waals surface area (Å²) < 4.78 is 22.3. The van der Waals surface area contributed by atoms with Crippen LogP contribution in [0.25, 0.3) is 0 Å². The molecule has 1 saturated heterocycles. The van der Waals surface area contributed by atoms with Crippen molar-refractivity contribution in [1.82, 2.24) is 10.2 Å². The summed E-state index contributed by atoms with van der Waals surface area (Å²) in [5.41, 5.74) is 0.155. The van der Waals surface area contributed by atoms with E-state index in [0.29, 0.717) is 13.1 Å². The van der Waals surface area contributed by atoms with Crippen molar-refractivity contribution in [3.8, 4) is 0 Å². The van der Waals surface area contributed by atoms with Gasteiger partial charge in [0.25, 0.3) is 0 Å². The SMILES string of the molecule is CS(=O)(=O)CCC(=O)N1CCC2(CC(NC(=O)C3CC3)C2)C1. The van der Waals surface area contributed by atoms with Gasteiger partial charge in [-0.25, -0.2) is 8.42 Å². The second-order valence-electron chi connectivity index (χ2n) is 7.33. The highest BCUT2D eigenvalue weighted by Gasteiger charge is 2.50. The second kappa shape index (κ2) is 5.51. The topological polar surface area (TPSA) is 83.6 Å². The fourth-order valence-corrected chi connectivity index (χ4v) is 4.21. The Bertz CT molecular complexity index is 576. The molecule has 0 radical (unpaired) electrons. The van der Waals surface area contributed by atoms with E-state index in [4.69, 9.17) is 0 Å². The van der Waals surface area contributed by atoms with E-state index >= 15 is 0 Å². The van der Waals surface area contributed by atoms with Gasteiger partial charge in [0.15, 0.2) is 0 Å². The lowest BCUT2D eigenvalue weighted by atomic mass is 9.65. The standard InChI is InChI=1S/C15H24N2O4S/c1-22(20,21)7-4-13(18)17-6-5-15(10-17)8-12(9-15)16-14(19)11-2-3-11/h11-12H,2-10H2,1H3,(H,16,19). The summed E-state index contributed by atoms with van der Waals surface area (Å²) in [6.07, 6.45) is 6.14. The van der Waals surface area contributed by atoms with Gasteiger partial charge < -0.3 is 10.2 Å². The first-order chi connectivity index (χ1) is 10.3. The van der Waals surface area contributed by atoms with Crippen molar-refractivity contribution in [3.63, 3.8) is 0 Å². The molecule has 3 rings (SSSR count). The number of amides is 2. The number of sulfone groups is 1. The van der Waals surface area contributed by atoms with E-state index < -0.39 is 9.84 Å². The van der Waals surface area contributed by atoms with E-state index in [1.165, 1.54) is 0 Å². The molecule has 0 aromatic rings. The molecule has 0 atom stereocenters. The van der Waals surface area contributed by atoms with Gasteiger partial charge in [-0.2, -0.15) is 0 Å². The molecule has 124 valence electrons. The molecule has 2 saturated carbocycles. The molecule has 7 heteroatoms. The monoisotopic (exact) mass is 328 g/mol. The zero-order valence-electron chi connectivity index (χ0n) is 13.0. The van der Waals surface area contributed by atoms with Crippen LogP contribution in [0.5, 0.6) is 0 Å². The van der Waals surface area contributed by atoms with Crippen LogP contribution in [0.1, 0.15) is 38.5 Å². The van der Waals surface area contributed by atoms with Crippen LogP contribution >= 0.6 is 0 Å². The van der Waals surface area contributed by atoms with E-state index in [1.54, 1.807) is 4.90 Å². The lowest BCUT2D eigenvalue weighted by molar-refractivity contribution is -0.131. The number of hydrogen-bond donors (Lipinski definition) is 1. The van der Waals surface area contributed by atoms with Crippen LogP contribution in [-0.2, 0) is 19.4 Å². The smallest absolute Gasteiger partial charge is 0.223 e. The van der Waals surface area contributed by atoms with Crippen molar-refractivity contribution in [1.29, 1.82) is 0 Å². The van der Waals surface area contributed by atoms with Crippen molar-refractivity contribution in [2.75, 3.05) is 25.1 Å². The van der Waals surface area contributed by atoms with Gasteiger partial charge in [0.1, 0.15) is 9.84 Å². The normalized spacial score (nSPS) is 31.1. The number of rotatable bonds is 5. The molecule has 3 aliphatic rings. The number of likely N-dealkylation sites (tertiary alicyclic amines) is 1. The highest BCUT2D eigenvalue weighted by Crippen LogP contribution is 2.48. The Morgan fingerprint density at radius 3 is 2.55 bits per heavy atom. The molecule has 1 heterocycles. The minimum absolute atomic E-state index is 0.0623. The Hall–Kier alpha value is -1.11. The van der Waals surface area contributed by atoms with Crippen molar-refractivity contribution in [3.05, 3.63) is 0 Å². The molecule has 0 unspecified atom stereocenters. The van der Waals surface area contributed by atoms with Gasteiger partial charge in [-0.15, -0.1) is 0 Å². The summed E-state index contributed by atoms with van der Waals surface area (Å²) in [5.74, 6) is 0.302. The van der Waals surface area contributed by atoms with Gasteiger partial charge in [0, 0.05) is 37.7 Å². The minimum Gasteiger partial charge on any atom is -0.353 e. The molecule has 1 N–H and O–H groups in total. The minimum atomic E-state index is -3.09.